The normalized spacial score (nSPS) is 11.3. The highest BCUT2D eigenvalue weighted by molar-refractivity contribution is 7.87. The fourth-order valence-electron chi connectivity index (χ4n) is 3.24. The molecule has 0 aliphatic heterocycles. The zero-order valence-electron chi connectivity index (χ0n) is 20.1. The second-order valence-electron chi connectivity index (χ2n) is 8.10. The van der Waals surface area contributed by atoms with Crippen molar-refractivity contribution in [3.63, 3.8) is 0 Å². The topological polar surface area (TPSA) is 88.2 Å². The van der Waals surface area contributed by atoms with Gasteiger partial charge in [0.1, 0.15) is 22.2 Å². The van der Waals surface area contributed by atoms with Crippen LogP contribution in [0.2, 0.25) is 5.02 Å². The number of likely N-dealkylation sites (N-methyl/N-ethyl adjacent to an activating group) is 1. The number of halogens is 2. The Balaban J connectivity index is 1.89. The second-order valence-corrected chi connectivity index (χ2v) is 10.1. The number of anilines is 1. The van der Waals surface area contributed by atoms with Crippen molar-refractivity contribution in [1.29, 1.82) is 0 Å². The molecule has 36 heavy (non-hydrogen) atoms. The molecule has 0 aromatic heterocycles. The Morgan fingerprint density at radius 1 is 1.00 bits per heavy atom. The van der Waals surface area contributed by atoms with E-state index in [0.29, 0.717) is 35.1 Å². The van der Waals surface area contributed by atoms with Crippen LogP contribution >= 0.6 is 11.6 Å². The van der Waals surface area contributed by atoms with Crippen molar-refractivity contribution in [2.45, 2.75) is 11.4 Å². The van der Waals surface area contributed by atoms with Crippen LogP contribution in [-0.2, 0) is 16.7 Å². The fourth-order valence-corrected chi connectivity index (χ4v) is 4.40. The number of benzene rings is 3. The average Bonchev–Trinajstić information content (AvgIpc) is 2.83. The molecule has 192 valence electrons. The third-order valence-electron chi connectivity index (χ3n) is 5.14. The van der Waals surface area contributed by atoms with E-state index in [-0.39, 0.29) is 17.2 Å². The van der Waals surface area contributed by atoms with Crippen LogP contribution in [0.5, 0.6) is 11.5 Å². The molecule has 0 unspecified atom stereocenters. The van der Waals surface area contributed by atoms with Crippen molar-refractivity contribution in [2.24, 2.45) is 0 Å². The van der Waals surface area contributed by atoms with Gasteiger partial charge in [0.15, 0.2) is 0 Å². The van der Waals surface area contributed by atoms with Crippen LogP contribution in [0.1, 0.15) is 5.56 Å². The lowest BCUT2D eigenvalue weighted by Gasteiger charge is -2.26. The van der Waals surface area contributed by atoms with Crippen LogP contribution < -0.4 is 14.2 Å². The maximum atomic E-state index is 13.3. The highest BCUT2D eigenvalue weighted by atomic mass is 35.5. The lowest BCUT2D eigenvalue weighted by atomic mass is 10.2. The molecule has 0 aliphatic carbocycles. The molecular formula is C25H27ClFN3O5S. The van der Waals surface area contributed by atoms with Crippen molar-refractivity contribution in [1.82, 2.24) is 9.80 Å². The molecule has 3 rings (SSSR count). The summed E-state index contributed by atoms with van der Waals surface area (Å²) in [7, 11) is 0.997. The first kappa shape index (κ1) is 27.3. The molecule has 11 heteroatoms. The second kappa shape index (κ2) is 12.1. The molecular weight excluding hydrogens is 509 g/mol. The summed E-state index contributed by atoms with van der Waals surface area (Å²) in [6, 6.07) is 15.3. The van der Waals surface area contributed by atoms with Gasteiger partial charge in [0.2, 0.25) is 0 Å². The van der Waals surface area contributed by atoms with E-state index in [9.17, 15) is 17.6 Å². The van der Waals surface area contributed by atoms with Gasteiger partial charge in [0.25, 0.3) is 0 Å². The molecule has 0 saturated carbocycles. The van der Waals surface area contributed by atoms with Crippen molar-refractivity contribution in [3.05, 3.63) is 83.1 Å². The molecule has 3 aromatic carbocycles. The van der Waals surface area contributed by atoms with Gasteiger partial charge >= 0.3 is 16.1 Å². The Kier molecular flexibility index (Phi) is 9.14. The highest BCUT2D eigenvalue weighted by Gasteiger charge is 2.22. The molecule has 0 bridgehead atoms. The number of methoxy groups -OCH3 is 1. The molecule has 2 amide bonds. The summed E-state index contributed by atoms with van der Waals surface area (Å²) < 4.78 is 49.6. The van der Waals surface area contributed by atoms with E-state index >= 15 is 0 Å². The van der Waals surface area contributed by atoms with Crippen molar-refractivity contribution < 1.29 is 26.5 Å². The highest BCUT2D eigenvalue weighted by Crippen LogP contribution is 2.29. The SMILES string of the molecule is COc1ccccc1NC(=O)N(CCN(C)C)Cc1cc(Cl)ccc1OS(=O)(=O)c1ccc(F)cc1. The number of para-hydroxylation sites is 2. The summed E-state index contributed by atoms with van der Waals surface area (Å²) in [6.45, 7) is 0.873. The first-order chi connectivity index (χ1) is 17.1. The van der Waals surface area contributed by atoms with Gasteiger partial charge in [-0.25, -0.2) is 9.18 Å². The molecule has 0 fully saturated rings. The van der Waals surface area contributed by atoms with Gasteiger partial charge in [0.05, 0.1) is 19.3 Å². The number of hydrogen-bond acceptors (Lipinski definition) is 6. The summed E-state index contributed by atoms with van der Waals surface area (Å²) in [5.74, 6) is -0.0713. The minimum atomic E-state index is -4.26. The Labute approximate surface area is 215 Å². The number of nitrogens with zero attached hydrogens (tertiary/aromatic N) is 2. The number of carbonyl (C=O) groups excluding carboxylic acids is 1. The first-order valence-electron chi connectivity index (χ1n) is 10.9. The van der Waals surface area contributed by atoms with Crippen LogP contribution in [0, 0.1) is 5.82 Å². The summed E-state index contributed by atoms with van der Waals surface area (Å²) in [4.78, 5) is 16.5. The van der Waals surface area contributed by atoms with E-state index in [4.69, 9.17) is 20.5 Å². The molecule has 0 spiro atoms. The van der Waals surface area contributed by atoms with Gasteiger partial charge in [-0.05, 0) is 68.7 Å². The number of ether oxygens (including phenoxy) is 1. The molecule has 8 nitrogen and oxygen atoms in total. The Morgan fingerprint density at radius 3 is 2.36 bits per heavy atom. The lowest BCUT2D eigenvalue weighted by molar-refractivity contribution is 0.202. The van der Waals surface area contributed by atoms with E-state index in [1.165, 1.54) is 30.2 Å². The molecule has 3 aromatic rings. The standard InChI is InChI=1S/C25H27ClFN3O5S/c1-29(2)14-15-30(25(31)28-22-6-4-5-7-24(22)34-3)17-18-16-19(26)8-13-23(18)35-36(32,33)21-11-9-20(27)10-12-21/h4-13,16H,14-15,17H2,1-3H3,(H,28,31). The lowest BCUT2D eigenvalue weighted by Crippen LogP contribution is -2.39. The van der Waals surface area contributed by atoms with Crippen LogP contribution in [0.3, 0.4) is 0 Å². The number of nitrogens with one attached hydrogen (secondary N) is 1. The molecule has 0 saturated heterocycles. The Hall–Kier alpha value is -3.34. The third-order valence-corrected chi connectivity index (χ3v) is 6.62. The fraction of sp³-hybridized carbons (Fsp3) is 0.240. The monoisotopic (exact) mass is 535 g/mol. The number of amides is 2. The number of urea groups is 1. The largest absolute Gasteiger partial charge is 0.495 e. The van der Waals surface area contributed by atoms with Crippen molar-refractivity contribution >= 4 is 33.4 Å². The van der Waals surface area contributed by atoms with Crippen LogP contribution in [0.15, 0.2) is 71.6 Å². The summed E-state index contributed by atoms with van der Waals surface area (Å²) >= 11 is 6.19. The average molecular weight is 536 g/mol. The molecule has 0 atom stereocenters. The maximum absolute atomic E-state index is 13.3. The van der Waals surface area contributed by atoms with Crippen LogP contribution in [-0.4, -0.2) is 58.5 Å². The minimum absolute atomic E-state index is 0.00340. The van der Waals surface area contributed by atoms with E-state index in [1.54, 1.807) is 24.3 Å². The van der Waals surface area contributed by atoms with Crippen LogP contribution in [0.25, 0.3) is 0 Å². The van der Waals surface area contributed by atoms with Crippen molar-refractivity contribution in [3.8, 4) is 11.5 Å². The van der Waals surface area contributed by atoms with Gasteiger partial charge in [-0.15, -0.1) is 0 Å². The Morgan fingerprint density at radius 2 is 1.69 bits per heavy atom. The van der Waals surface area contributed by atoms with Crippen LogP contribution in [0.4, 0.5) is 14.9 Å². The van der Waals surface area contributed by atoms with E-state index in [2.05, 4.69) is 5.32 Å². The summed E-state index contributed by atoms with van der Waals surface area (Å²) in [5, 5.41) is 3.18. The first-order valence-corrected chi connectivity index (χ1v) is 12.7. The van der Waals surface area contributed by atoms with E-state index < -0.39 is 22.0 Å². The molecule has 0 radical (unpaired) electrons. The number of carbonyl (C=O) groups is 1. The number of hydrogen-bond donors (Lipinski definition) is 1. The summed E-state index contributed by atoms with van der Waals surface area (Å²) in [6.07, 6.45) is 0. The van der Waals surface area contributed by atoms with Gasteiger partial charge in [-0.3, -0.25) is 0 Å². The predicted molar refractivity (Wildman–Crippen MR) is 137 cm³/mol. The third kappa shape index (κ3) is 7.33. The summed E-state index contributed by atoms with van der Waals surface area (Å²) in [5.41, 5.74) is 0.864. The number of rotatable bonds is 10. The molecule has 1 N–H and O–H groups in total. The quantitative estimate of drug-likeness (QED) is 0.373. The van der Waals surface area contributed by atoms with Gasteiger partial charge in [-0.1, -0.05) is 23.7 Å². The van der Waals surface area contributed by atoms with Gasteiger partial charge in [-0.2, -0.15) is 8.42 Å². The predicted octanol–water partition coefficient (Wildman–Crippen LogP) is 4.85. The molecule has 0 aliphatic rings. The smallest absolute Gasteiger partial charge is 0.339 e. The van der Waals surface area contributed by atoms with E-state index in [1.807, 2.05) is 19.0 Å². The van der Waals surface area contributed by atoms with Crippen molar-refractivity contribution in [2.75, 3.05) is 39.6 Å². The van der Waals surface area contributed by atoms with E-state index in [0.717, 1.165) is 24.3 Å². The molecule has 0 heterocycles. The maximum Gasteiger partial charge on any atom is 0.339 e. The zero-order chi connectivity index (χ0) is 26.3. The Bertz CT molecular complexity index is 1300. The zero-order valence-corrected chi connectivity index (χ0v) is 21.6. The van der Waals surface area contributed by atoms with Gasteiger partial charge in [0, 0.05) is 23.7 Å². The minimum Gasteiger partial charge on any atom is -0.495 e. The van der Waals surface area contributed by atoms with Gasteiger partial charge < -0.3 is 24.0 Å².